The number of esters is 1. The molecule has 94 valence electrons. The van der Waals surface area contributed by atoms with E-state index in [0.29, 0.717) is 6.04 Å². The first kappa shape index (κ1) is 12.6. The lowest BCUT2D eigenvalue weighted by Crippen LogP contribution is -2.53. The smallest absolute Gasteiger partial charge is 0.320 e. The molecule has 1 saturated heterocycles. The Morgan fingerprint density at radius 2 is 2.17 bits per heavy atom. The third-order valence-electron chi connectivity index (χ3n) is 3.23. The SMILES string of the molecule is CC(c1ccccc1)N1CC(OC(=O)CC#N)C1. The van der Waals surface area contributed by atoms with Gasteiger partial charge in [0.1, 0.15) is 12.5 Å². The van der Waals surface area contributed by atoms with Crippen LogP contribution in [0.1, 0.15) is 24.9 Å². The Labute approximate surface area is 107 Å². The molecule has 18 heavy (non-hydrogen) atoms. The molecule has 0 saturated carbocycles. The standard InChI is InChI=1S/C14H16N2O2/c1-11(12-5-3-2-4-6-12)16-9-13(10-16)18-14(17)7-8-15/h2-6,11,13H,7,9-10H2,1H3. The molecule has 0 spiro atoms. The zero-order valence-corrected chi connectivity index (χ0v) is 10.4. The van der Waals surface area contributed by atoms with E-state index in [1.807, 2.05) is 18.2 Å². The number of ether oxygens (including phenoxy) is 1. The fraction of sp³-hybridized carbons (Fsp3) is 0.429. The molecule has 1 fully saturated rings. The Hall–Kier alpha value is -1.86. The maximum absolute atomic E-state index is 11.1. The number of nitriles is 1. The monoisotopic (exact) mass is 244 g/mol. The van der Waals surface area contributed by atoms with E-state index in [9.17, 15) is 4.79 Å². The van der Waals surface area contributed by atoms with Crippen LogP contribution < -0.4 is 0 Å². The molecule has 1 aromatic carbocycles. The highest BCUT2D eigenvalue weighted by Crippen LogP contribution is 2.26. The van der Waals surface area contributed by atoms with Crippen LogP contribution in [-0.2, 0) is 9.53 Å². The second-order valence-corrected chi connectivity index (χ2v) is 4.49. The number of nitrogens with zero attached hydrogens (tertiary/aromatic N) is 2. The van der Waals surface area contributed by atoms with E-state index in [0.717, 1.165) is 13.1 Å². The van der Waals surface area contributed by atoms with Crippen LogP contribution in [0, 0.1) is 11.3 Å². The molecule has 2 rings (SSSR count). The quantitative estimate of drug-likeness (QED) is 0.759. The van der Waals surface area contributed by atoms with Gasteiger partial charge in [0, 0.05) is 19.1 Å². The molecule has 0 bridgehead atoms. The number of rotatable bonds is 4. The van der Waals surface area contributed by atoms with Crippen molar-refractivity contribution >= 4 is 5.97 Å². The van der Waals surface area contributed by atoms with Crippen LogP contribution in [-0.4, -0.2) is 30.1 Å². The zero-order valence-electron chi connectivity index (χ0n) is 10.4. The molecule has 0 aromatic heterocycles. The van der Waals surface area contributed by atoms with Gasteiger partial charge in [0.2, 0.25) is 0 Å². The number of hydrogen-bond acceptors (Lipinski definition) is 4. The van der Waals surface area contributed by atoms with E-state index in [1.54, 1.807) is 6.07 Å². The van der Waals surface area contributed by atoms with E-state index in [2.05, 4.69) is 24.0 Å². The van der Waals surface area contributed by atoms with Gasteiger partial charge in [-0.15, -0.1) is 0 Å². The van der Waals surface area contributed by atoms with Crippen LogP contribution in [0.4, 0.5) is 0 Å². The van der Waals surface area contributed by atoms with E-state index in [-0.39, 0.29) is 12.5 Å². The van der Waals surface area contributed by atoms with Crippen molar-refractivity contribution in [2.45, 2.75) is 25.5 Å². The van der Waals surface area contributed by atoms with E-state index < -0.39 is 5.97 Å². The largest absolute Gasteiger partial charge is 0.459 e. The Morgan fingerprint density at radius 1 is 1.50 bits per heavy atom. The first-order valence-corrected chi connectivity index (χ1v) is 6.06. The molecule has 0 aliphatic carbocycles. The van der Waals surface area contributed by atoms with Gasteiger partial charge in [-0.1, -0.05) is 30.3 Å². The first-order chi connectivity index (χ1) is 8.70. The lowest BCUT2D eigenvalue weighted by Gasteiger charge is -2.42. The van der Waals surface area contributed by atoms with Gasteiger partial charge < -0.3 is 4.74 Å². The fourth-order valence-corrected chi connectivity index (χ4v) is 2.09. The van der Waals surface area contributed by atoms with Gasteiger partial charge in [-0.3, -0.25) is 9.69 Å². The first-order valence-electron chi connectivity index (χ1n) is 6.06. The normalized spacial score (nSPS) is 17.6. The topological polar surface area (TPSA) is 53.3 Å². The van der Waals surface area contributed by atoms with Gasteiger partial charge in [0.05, 0.1) is 6.07 Å². The van der Waals surface area contributed by atoms with Crippen LogP contribution in [0.3, 0.4) is 0 Å². The van der Waals surface area contributed by atoms with Crippen molar-refractivity contribution in [2.24, 2.45) is 0 Å². The van der Waals surface area contributed by atoms with Crippen molar-refractivity contribution < 1.29 is 9.53 Å². The minimum atomic E-state index is -0.422. The fourth-order valence-electron chi connectivity index (χ4n) is 2.09. The van der Waals surface area contributed by atoms with Gasteiger partial charge in [-0.05, 0) is 12.5 Å². The molecule has 1 atom stereocenters. The van der Waals surface area contributed by atoms with Crippen molar-refractivity contribution in [2.75, 3.05) is 13.1 Å². The van der Waals surface area contributed by atoms with Crippen LogP contribution in [0.15, 0.2) is 30.3 Å². The van der Waals surface area contributed by atoms with Crippen LogP contribution >= 0.6 is 0 Å². The van der Waals surface area contributed by atoms with E-state index in [4.69, 9.17) is 10.00 Å². The second kappa shape index (κ2) is 5.65. The minimum Gasteiger partial charge on any atom is -0.459 e. The maximum atomic E-state index is 11.1. The maximum Gasteiger partial charge on any atom is 0.320 e. The Morgan fingerprint density at radius 3 is 2.78 bits per heavy atom. The van der Waals surface area contributed by atoms with Gasteiger partial charge in [0.15, 0.2) is 0 Å². The summed E-state index contributed by atoms with van der Waals surface area (Å²) < 4.78 is 5.14. The third-order valence-corrected chi connectivity index (χ3v) is 3.23. The lowest BCUT2D eigenvalue weighted by molar-refractivity contribution is -0.157. The average molecular weight is 244 g/mol. The Balaban J connectivity index is 1.79. The summed E-state index contributed by atoms with van der Waals surface area (Å²) in [4.78, 5) is 13.4. The van der Waals surface area contributed by atoms with Crippen molar-refractivity contribution in [1.82, 2.24) is 4.90 Å². The zero-order chi connectivity index (χ0) is 13.0. The lowest BCUT2D eigenvalue weighted by atomic mass is 10.0. The van der Waals surface area contributed by atoms with Crippen molar-refractivity contribution in [3.63, 3.8) is 0 Å². The van der Waals surface area contributed by atoms with Crippen molar-refractivity contribution in [3.8, 4) is 6.07 Å². The third kappa shape index (κ3) is 2.88. The predicted octanol–water partition coefficient (Wildman–Crippen LogP) is 1.89. The van der Waals surface area contributed by atoms with E-state index >= 15 is 0 Å². The van der Waals surface area contributed by atoms with Crippen molar-refractivity contribution in [3.05, 3.63) is 35.9 Å². The van der Waals surface area contributed by atoms with Gasteiger partial charge >= 0.3 is 5.97 Å². The van der Waals surface area contributed by atoms with Crippen LogP contribution in [0.5, 0.6) is 0 Å². The van der Waals surface area contributed by atoms with Crippen molar-refractivity contribution in [1.29, 1.82) is 5.26 Å². The molecule has 0 N–H and O–H groups in total. The summed E-state index contributed by atoms with van der Waals surface area (Å²) in [5, 5.41) is 8.37. The molecule has 0 amide bonds. The molecule has 1 aromatic rings. The molecule has 1 heterocycles. The summed E-state index contributed by atoms with van der Waals surface area (Å²) in [5.74, 6) is -0.422. The average Bonchev–Trinajstić information content (AvgIpc) is 2.34. The molecule has 1 unspecified atom stereocenters. The Kier molecular flexibility index (Phi) is 3.96. The van der Waals surface area contributed by atoms with Crippen LogP contribution in [0.2, 0.25) is 0 Å². The summed E-state index contributed by atoms with van der Waals surface area (Å²) in [6.45, 7) is 3.63. The molecule has 4 nitrogen and oxygen atoms in total. The van der Waals surface area contributed by atoms with E-state index in [1.165, 1.54) is 5.56 Å². The van der Waals surface area contributed by atoms with Crippen LogP contribution in [0.25, 0.3) is 0 Å². The summed E-state index contributed by atoms with van der Waals surface area (Å²) in [6, 6.07) is 12.4. The molecular formula is C14H16N2O2. The van der Waals surface area contributed by atoms with Gasteiger partial charge in [-0.2, -0.15) is 5.26 Å². The summed E-state index contributed by atoms with van der Waals surface area (Å²) in [6.07, 6.45) is -0.220. The number of hydrogen-bond donors (Lipinski definition) is 0. The highest BCUT2D eigenvalue weighted by atomic mass is 16.5. The summed E-state index contributed by atoms with van der Waals surface area (Å²) in [5.41, 5.74) is 1.26. The number of benzene rings is 1. The molecule has 4 heteroatoms. The van der Waals surface area contributed by atoms with Gasteiger partial charge in [-0.25, -0.2) is 0 Å². The molecule has 1 aliphatic heterocycles. The molecular weight excluding hydrogens is 228 g/mol. The number of likely N-dealkylation sites (tertiary alicyclic amines) is 1. The number of carbonyl (C=O) groups is 1. The number of carbonyl (C=O) groups excluding carboxylic acids is 1. The summed E-state index contributed by atoms with van der Waals surface area (Å²) >= 11 is 0. The summed E-state index contributed by atoms with van der Waals surface area (Å²) in [7, 11) is 0. The Bertz CT molecular complexity index is 447. The van der Waals surface area contributed by atoms with Gasteiger partial charge in [0.25, 0.3) is 0 Å². The highest BCUT2D eigenvalue weighted by Gasteiger charge is 2.33. The molecule has 0 radical (unpaired) electrons. The molecule has 1 aliphatic rings. The predicted molar refractivity (Wildman–Crippen MR) is 66.5 cm³/mol. The minimum absolute atomic E-state index is 0.0583. The highest BCUT2D eigenvalue weighted by molar-refractivity contribution is 5.72. The second-order valence-electron chi connectivity index (χ2n) is 4.49.